The number of hydrogen-bond acceptors (Lipinski definition) is 4. The average Bonchev–Trinajstić information content (AvgIpc) is 2.49. The molecule has 0 bridgehead atoms. The summed E-state index contributed by atoms with van der Waals surface area (Å²) in [6, 6.07) is 3.34. The summed E-state index contributed by atoms with van der Waals surface area (Å²) in [5.74, 6) is 0. The maximum atomic E-state index is 11.8. The summed E-state index contributed by atoms with van der Waals surface area (Å²) in [5.41, 5.74) is 0.652. The maximum Gasteiger partial charge on any atom is 0.409 e. The van der Waals surface area contributed by atoms with Crippen molar-refractivity contribution in [3.05, 3.63) is 24.5 Å². The lowest BCUT2D eigenvalue weighted by atomic mass is 10.1. The normalized spacial score (nSPS) is 15.4. The van der Waals surface area contributed by atoms with Crippen LogP contribution in [0.2, 0.25) is 0 Å². The van der Waals surface area contributed by atoms with Crippen molar-refractivity contribution in [3.8, 4) is 0 Å². The van der Waals surface area contributed by atoms with Crippen molar-refractivity contribution in [1.29, 1.82) is 0 Å². The highest BCUT2D eigenvalue weighted by molar-refractivity contribution is 5.89. The highest BCUT2D eigenvalue weighted by Crippen LogP contribution is 2.12. The second-order valence-electron chi connectivity index (χ2n) is 4.80. The van der Waals surface area contributed by atoms with Gasteiger partial charge in [-0.1, -0.05) is 0 Å². The number of carbonyl (C=O) groups is 2. The number of ether oxygens (including phenoxy) is 1. The van der Waals surface area contributed by atoms with Gasteiger partial charge in [-0.25, -0.2) is 9.59 Å². The lowest BCUT2D eigenvalue weighted by Crippen LogP contribution is -2.47. The maximum absolute atomic E-state index is 11.8. The Kier molecular flexibility index (Phi) is 5.36. The van der Waals surface area contributed by atoms with E-state index in [9.17, 15) is 9.59 Å². The third kappa shape index (κ3) is 4.62. The Balaban J connectivity index is 1.73. The molecule has 0 radical (unpaired) electrons. The van der Waals surface area contributed by atoms with Gasteiger partial charge in [0.1, 0.15) is 0 Å². The minimum Gasteiger partial charge on any atom is -0.450 e. The Bertz CT molecular complexity index is 472. The van der Waals surface area contributed by atoms with Gasteiger partial charge in [-0.3, -0.25) is 4.98 Å². The fraction of sp³-hybridized carbons (Fsp3) is 0.500. The van der Waals surface area contributed by atoms with E-state index < -0.39 is 0 Å². The highest BCUT2D eigenvalue weighted by Gasteiger charge is 2.24. The van der Waals surface area contributed by atoms with Gasteiger partial charge in [-0.15, -0.1) is 0 Å². The molecule has 2 heterocycles. The molecule has 114 valence electrons. The molecule has 7 heteroatoms. The van der Waals surface area contributed by atoms with E-state index in [-0.39, 0.29) is 18.2 Å². The largest absolute Gasteiger partial charge is 0.450 e. The van der Waals surface area contributed by atoms with E-state index in [2.05, 4.69) is 15.6 Å². The third-order valence-electron chi connectivity index (χ3n) is 3.28. The smallest absolute Gasteiger partial charge is 0.409 e. The lowest BCUT2D eigenvalue weighted by Gasteiger charge is -2.31. The Morgan fingerprint density at radius 1 is 1.43 bits per heavy atom. The van der Waals surface area contributed by atoms with E-state index >= 15 is 0 Å². The van der Waals surface area contributed by atoms with Gasteiger partial charge >= 0.3 is 12.1 Å². The number of piperidine rings is 1. The minimum absolute atomic E-state index is 0.0624. The molecule has 0 aromatic carbocycles. The molecule has 1 aliphatic rings. The molecule has 0 aliphatic carbocycles. The van der Waals surface area contributed by atoms with Crippen molar-refractivity contribution in [2.45, 2.75) is 25.8 Å². The molecular weight excluding hydrogens is 272 g/mol. The molecule has 1 aromatic heterocycles. The van der Waals surface area contributed by atoms with E-state index in [1.54, 1.807) is 36.4 Å². The van der Waals surface area contributed by atoms with Crippen LogP contribution in [0, 0.1) is 0 Å². The highest BCUT2D eigenvalue weighted by atomic mass is 16.6. The molecule has 1 aromatic rings. The third-order valence-corrected chi connectivity index (χ3v) is 3.28. The van der Waals surface area contributed by atoms with Crippen LogP contribution in [0.5, 0.6) is 0 Å². The summed E-state index contributed by atoms with van der Waals surface area (Å²) in [4.78, 5) is 29.0. The molecule has 7 nitrogen and oxygen atoms in total. The van der Waals surface area contributed by atoms with Gasteiger partial charge in [-0.2, -0.15) is 0 Å². The van der Waals surface area contributed by atoms with Crippen LogP contribution >= 0.6 is 0 Å². The van der Waals surface area contributed by atoms with Crippen LogP contribution < -0.4 is 10.6 Å². The molecule has 2 N–H and O–H groups in total. The molecule has 21 heavy (non-hydrogen) atoms. The van der Waals surface area contributed by atoms with Crippen molar-refractivity contribution in [2.24, 2.45) is 0 Å². The molecule has 1 fully saturated rings. The summed E-state index contributed by atoms with van der Waals surface area (Å²) in [6.45, 7) is 3.35. The lowest BCUT2D eigenvalue weighted by molar-refractivity contribution is 0.0959. The van der Waals surface area contributed by atoms with Crippen molar-refractivity contribution < 1.29 is 14.3 Å². The van der Waals surface area contributed by atoms with E-state index in [1.165, 1.54) is 0 Å². The number of hydrogen-bond donors (Lipinski definition) is 2. The van der Waals surface area contributed by atoms with Gasteiger partial charge in [0.2, 0.25) is 0 Å². The number of nitrogens with one attached hydrogen (secondary N) is 2. The van der Waals surface area contributed by atoms with Crippen LogP contribution in [0.15, 0.2) is 24.5 Å². The Morgan fingerprint density at radius 3 is 2.81 bits per heavy atom. The Hall–Kier alpha value is -2.31. The molecular formula is C14H20N4O3. The second kappa shape index (κ2) is 7.47. The van der Waals surface area contributed by atoms with E-state index in [4.69, 9.17) is 4.74 Å². The molecule has 1 aliphatic heterocycles. The first-order valence-corrected chi connectivity index (χ1v) is 7.08. The summed E-state index contributed by atoms with van der Waals surface area (Å²) < 4.78 is 4.96. The zero-order valence-electron chi connectivity index (χ0n) is 12.0. The fourth-order valence-corrected chi connectivity index (χ4v) is 2.21. The predicted molar refractivity (Wildman–Crippen MR) is 78.0 cm³/mol. The van der Waals surface area contributed by atoms with Crippen LogP contribution in [0.1, 0.15) is 19.8 Å². The SMILES string of the molecule is CCOC(=O)N1CCC(NC(=O)Nc2cccnc2)CC1. The van der Waals surface area contributed by atoms with Crippen LogP contribution in [0.3, 0.4) is 0 Å². The van der Waals surface area contributed by atoms with Gasteiger partial charge in [0, 0.05) is 25.3 Å². The topological polar surface area (TPSA) is 83.6 Å². The van der Waals surface area contributed by atoms with Crippen molar-refractivity contribution in [1.82, 2.24) is 15.2 Å². The molecule has 1 saturated heterocycles. The first-order valence-electron chi connectivity index (χ1n) is 7.08. The van der Waals surface area contributed by atoms with Crippen molar-refractivity contribution >= 4 is 17.8 Å². The number of carbonyl (C=O) groups excluding carboxylic acids is 2. The quantitative estimate of drug-likeness (QED) is 0.890. The van der Waals surface area contributed by atoms with E-state index in [1.807, 2.05) is 0 Å². The number of nitrogens with zero attached hydrogens (tertiary/aromatic N) is 2. The van der Waals surface area contributed by atoms with Gasteiger partial charge in [-0.05, 0) is 31.9 Å². The first kappa shape index (κ1) is 15.1. The summed E-state index contributed by atoms with van der Waals surface area (Å²) >= 11 is 0. The molecule has 3 amide bonds. The zero-order valence-corrected chi connectivity index (χ0v) is 12.0. The standard InChI is InChI=1S/C14H20N4O3/c1-2-21-14(20)18-8-5-11(6-9-18)16-13(19)17-12-4-3-7-15-10-12/h3-4,7,10-11H,2,5-6,8-9H2,1H3,(H2,16,17,19). The van der Waals surface area contributed by atoms with Crippen LogP contribution in [0.4, 0.5) is 15.3 Å². The van der Waals surface area contributed by atoms with Crippen molar-refractivity contribution in [3.63, 3.8) is 0 Å². The van der Waals surface area contributed by atoms with Gasteiger partial charge < -0.3 is 20.3 Å². The average molecular weight is 292 g/mol. The number of amides is 3. The monoisotopic (exact) mass is 292 g/mol. The first-order chi connectivity index (χ1) is 10.2. The minimum atomic E-state index is -0.282. The molecule has 0 atom stereocenters. The predicted octanol–water partition coefficient (Wildman–Crippen LogP) is 1.82. The van der Waals surface area contributed by atoms with E-state index in [0.29, 0.717) is 25.4 Å². The summed E-state index contributed by atoms with van der Waals surface area (Å²) in [7, 11) is 0. The number of aromatic nitrogens is 1. The van der Waals surface area contributed by atoms with Gasteiger partial charge in [0.05, 0.1) is 18.5 Å². The van der Waals surface area contributed by atoms with Crippen LogP contribution in [0.25, 0.3) is 0 Å². The second-order valence-corrected chi connectivity index (χ2v) is 4.80. The number of pyridine rings is 1. The zero-order chi connectivity index (χ0) is 15.1. The van der Waals surface area contributed by atoms with Crippen LogP contribution in [-0.4, -0.2) is 47.7 Å². The Morgan fingerprint density at radius 2 is 2.19 bits per heavy atom. The molecule has 0 spiro atoms. The summed E-state index contributed by atoms with van der Waals surface area (Å²) in [6.07, 6.45) is 4.39. The number of rotatable bonds is 3. The van der Waals surface area contributed by atoms with Crippen LogP contribution in [-0.2, 0) is 4.74 Å². The Labute approximate surface area is 123 Å². The van der Waals surface area contributed by atoms with Gasteiger partial charge in [0.25, 0.3) is 0 Å². The fourth-order valence-electron chi connectivity index (χ4n) is 2.21. The number of anilines is 1. The molecule has 2 rings (SSSR count). The number of urea groups is 1. The number of likely N-dealkylation sites (tertiary alicyclic amines) is 1. The van der Waals surface area contributed by atoms with Gasteiger partial charge in [0.15, 0.2) is 0 Å². The van der Waals surface area contributed by atoms with E-state index in [0.717, 1.165) is 12.8 Å². The summed E-state index contributed by atoms with van der Waals surface area (Å²) in [5, 5.41) is 5.63. The van der Waals surface area contributed by atoms with Crippen molar-refractivity contribution in [2.75, 3.05) is 25.0 Å². The molecule has 0 saturated carbocycles. The molecule has 0 unspecified atom stereocenters.